The monoisotopic (exact) mass is 302 g/mol. The summed E-state index contributed by atoms with van der Waals surface area (Å²) in [7, 11) is 0. The van der Waals surface area contributed by atoms with Crippen LogP contribution in [-0.4, -0.2) is 24.4 Å². The lowest BCUT2D eigenvalue weighted by atomic mass is 10.2. The maximum absolute atomic E-state index is 9.95. The first kappa shape index (κ1) is 15.5. The molecule has 2 aromatic rings. The van der Waals surface area contributed by atoms with Gasteiger partial charge < -0.3 is 15.2 Å². The summed E-state index contributed by atoms with van der Waals surface area (Å²) in [6.07, 6.45) is -0.626. The number of hydrogen-bond donors (Lipinski definition) is 2. The molecule has 0 aliphatic heterocycles. The van der Waals surface area contributed by atoms with Crippen LogP contribution in [0.25, 0.3) is 0 Å². The zero-order valence-corrected chi connectivity index (χ0v) is 12.6. The Morgan fingerprint density at radius 3 is 2.86 bits per heavy atom. The van der Waals surface area contributed by atoms with Crippen LogP contribution in [0.3, 0.4) is 0 Å². The fourth-order valence-electron chi connectivity index (χ4n) is 1.88. The van der Waals surface area contributed by atoms with Crippen LogP contribution in [0.5, 0.6) is 5.75 Å². The third kappa shape index (κ3) is 4.57. The number of hydrogen-bond acceptors (Lipinski definition) is 5. The fraction of sp³-hybridized carbons (Fsp3) is 0.312. The lowest BCUT2D eigenvalue weighted by Crippen LogP contribution is -2.32. The highest BCUT2D eigenvalue weighted by Gasteiger charge is 2.11. The maximum Gasteiger partial charge on any atom is 0.137 e. The molecule has 0 saturated heterocycles. The predicted molar refractivity (Wildman–Crippen MR) is 83.4 cm³/mol. The molecular formula is C16H18N2O2S. The Bertz CT molecular complexity index is 593. The molecule has 21 heavy (non-hydrogen) atoms. The minimum absolute atomic E-state index is 0.156. The molecule has 1 aromatic carbocycles. The van der Waals surface area contributed by atoms with E-state index in [2.05, 4.69) is 24.4 Å². The quantitative estimate of drug-likeness (QED) is 0.825. The van der Waals surface area contributed by atoms with Gasteiger partial charge >= 0.3 is 0 Å². The van der Waals surface area contributed by atoms with Crippen LogP contribution in [0, 0.1) is 11.3 Å². The van der Waals surface area contributed by atoms with Gasteiger partial charge in [0.05, 0.1) is 5.56 Å². The average Bonchev–Trinajstić information content (AvgIpc) is 3.05. The third-order valence-electron chi connectivity index (χ3n) is 3.07. The summed E-state index contributed by atoms with van der Waals surface area (Å²) in [5.74, 6) is 0.505. The molecule has 0 saturated carbocycles. The molecule has 1 heterocycles. The zero-order chi connectivity index (χ0) is 15.1. The second-order valence-corrected chi connectivity index (χ2v) is 5.70. The van der Waals surface area contributed by atoms with Crippen molar-refractivity contribution in [2.45, 2.75) is 19.1 Å². The van der Waals surface area contributed by atoms with E-state index in [-0.39, 0.29) is 12.6 Å². The zero-order valence-electron chi connectivity index (χ0n) is 11.8. The Morgan fingerprint density at radius 2 is 2.14 bits per heavy atom. The van der Waals surface area contributed by atoms with Gasteiger partial charge in [0.25, 0.3) is 0 Å². The molecule has 2 unspecified atom stereocenters. The van der Waals surface area contributed by atoms with Gasteiger partial charge in [-0.3, -0.25) is 0 Å². The summed E-state index contributed by atoms with van der Waals surface area (Å²) < 4.78 is 5.50. The van der Waals surface area contributed by atoms with E-state index >= 15 is 0 Å². The number of aliphatic hydroxyl groups is 1. The summed E-state index contributed by atoms with van der Waals surface area (Å²) in [6, 6.07) is 13.4. The number of para-hydroxylation sites is 1. The molecule has 5 heteroatoms. The SMILES string of the molecule is CC(NCC(O)COc1ccccc1C#N)c1cccs1. The van der Waals surface area contributed by atoms with E-state index in [0.29, 0.717) is 17.9 Å². The van der Waals surface area contributed by atoms with E-state index in [9.17, 15) is 5.11 Å². The Balaban J connectivity index is 1.77. The van der Waals surface area contributed by atoms with Gasteiger partial charge in [-0.05, 0) is 30.5 Å². The van der Waals surface area contributed by atoms with E-state index < -0.39 is 6.10 Å². The van der Waals surface area contributed by atoms with Crippen molar-refractivity contribution in [1.29, 1.82) is 5.26 Å². The largest absolute Gasteiger partial charge is 0.489 e. The maximum atomic E-state index is 9.95. The van der Waals surface area contributed by atoms with Crippen molar-refractivity contribution in [3.05, 3.63) is 52.2 Å². The number of aliphatic hydroxyl groups excluding tert-OH is 1. The molecule has 4 nitrogen and oxygen atoms in total. The predicted octanol–water partition coefficient (Wildman–Crippen LogP) is 2.71. The summed E-state index contributed by atoms with van der Waals surface area (Å²) in [5.41, 5.74) is 0.476. The van der Waals surface area contributed by atoms with Gasteiger partial charge in [0, 0.05) is 17.5 Å². The number of thiophene rings is 1. The van der Waals surface area contributed by atoms with Crippen molar-refractivity contribution in [3.8, 4) is 11.8 Å². The van der Waals surface area contributed by atoms with Crippen molar-refractivity contribution in [1.82, 2.24) is 5.32 Å². The molecule has 1 aromatic heterocycles. The Labute approximate surface area is 128 Å². The van der Waals surface area contributed by atoms with Gasteiger partial charge in [-0.25, -0.2) is 0 Å². The molecule has 2 atom stereocenters. The molecule has 0 amide bonds. The van der Waals surface area contributed by atoms with E-state index in [1.165, 1.54) is 4.88 Å². The van der Waals surface area contributed by atoms with Crippen LogP contribution in [0.2, 0.25) is 0 Å². The first-order valence-electron chi connectivity index (χ1n) is 6.77. The molecule has 0 radical (unpaired) electrons. The highest BCUT2D eigenvalue weighted by atomic mass is 32.1. The van der Waals surface area contributed by atoms with Gasteiger partial charge in [-0.15, -0.1) is 11.3 Å². The van der Waals surface area contributed by atoms with Gasteiger partial charge in [-0.1, -0.05) is 18.2 Å². The number of nitriles is 1. The van der Waals surface area contributed by atoms with E-state index in [4.69, 9.17) is 10.00 Å². The fourth-order valence-corrected chi connectivity index (χ4v) is 2.64. The van der Waals surface area contributed by atoms with Crippen LogP contribution in [0.4, 0.5) is 0 Å². The Kier molecular flexibility index (Phi) is 5.76. The van der Waals surface area contributed by atoms with Crippen molar-refractivity contribution >= 4 is 11.3 Å². The van der Waals surface area contributed by atoms with Crippen molar-refractivity contribution in [2.75, 3.05) is 13.2 Å². The van der Waals surface area contributed by atoms with Gasteiger partial charge in [-0.2, -0.15) is 5.26 Å². The van der Waals surface area contributed by atoms with Gasteiger partial charge in [0.2, 0.25) is 0 Å². The van der Waals surface area contributed by atoms with Crippen molar-refractivity contribution in [3.63, 3.8) is 0 Å². The molecular weight excluding hydrogens is 284 g/mol. The highest BCUT2D eigenvalue weighted by Crippen LogP contribution is 2.18. The molecule has 0 fully saturated rings. The number of rotatable bonds is 7. The summed E-state index contributed by atoms with van der Waals surface area (Å²) >= 11 is 1.69. The van der Waals surface area contributed by atoms with Crippen LogP contribution < -0.4 is 10.1 Å². The van der Waals surface area contributed by atoms with Crippen LogP contribution in [0.1, 0.15) is 23.4 Å². The molecule has 0 bridgehead atoms. The highest BCUT2D eigenvalue weighted by molar-refractivity contribution is 7.10. The van der Waals surface area contributed by atoms with Crippen molar-refractivity contribution < 1.29 is 9.84 Å². The van der Waals surface area contributed by atoms with Crippen LogP contribution in [0.15, 0.2) is 41.8 Å². The van der Waals surface area contributed by atoms with E-state index in [1.54, 1.807) is 35.6 Å². The number of benzene rings is 1. The van der Waals surface area contributed by atoms with Gasteiger partial charge in [0.15, 0.2) is 0 Å². The Morgan fingerprint density at radius 1 is 1.33 bits per heavy atom. The average molecular weight is 302 g/mol. The molecule has 0 spiro atoms. The Hall–Kier alpha value is -1.87. The van der Waals surface area contributed by atoms with Crippen LogP contribution >= 0.6 is 11.3 Å². The lowest BCUT2D eigenvalue weighted by molar-refractivity contribution is 0.104. The minimum Gasteiger partial charge on any atom is -0.489 e. The minimum atomic E-state index is -0.626. The second-order valence-electron chi connectivity index (χ2n) is 4.72. The summed E-state index contributed by atoms with van der Waals surface area (Å²) in [5, 5.41) is 24.2. The normalized spacial score (nSPS) is 13.4. The standard InChI is InChI=1S/C16H18N2O2S/c1-12(16-7-4-8-21-16)18-10-14(19)11-20-15-6-3-2-5-13(15)9-17/h2-8,12,14,18-19H,10-11H2,1H3. The van der Waals surface area contributed by atoms with E-state index in [0.717, 1.165) is 0 Å². The first-order valence-corrected chi connectivity index (χ1v) is 7.65. The van der Waals surface area contributed by atoms with Crippen molar-refractivity contribution in [2.24, 2.45) is 0 Å². The van der Waals surface area contributed by atoms with Crippen LogP contribution in [-0.2, 0) is 0 Å². The summed E-state index contributed by atoms with van der Waals surface area (Å²) in [4.78, 5) is 1.23. The third-order valence-corrected chi connectivity index (χ3v) is 4.12. The summed E-state index contributed by atoms with van der Waals surface area (Å²) in [6.45, 7) is 2.65. The lowest BCUT2D eigenvalue weighted by Gasteiger charge is -2.17. The molecule has 0 aliphatic carbocycles. The molecule has 0 aliphatic rings. The second kappa shape index (κ2) is 7.79. The number of ether oxygens (including phenoxy) is 1. The number of nitrogens with one attached hydrogen (secondary N) is 1. The smallest absolute Gasteiger partial charge is 0.137 e. The molecule has 2 rings (SSSR count). The van der Waals surface area contributed by atoms with Gasteiger partial charge in [0.1, 0.15) is 24.5 Å². The molecule has 2 N–H and O–H groups in total. The van der Waals surface area contributed by atoms with E-state index in [1.807, 2.05) is 11.4 Å². The first-order chi connectivity index (χ1) is 10.2. The number of nitrogens with zero attached hydrogens (tertiary/aromatic N) is 1. The topological polar surface area (TPSA) is 65.3 Å². The molecule has 110 valence electrons.